The zero-order valence-electron chi connectivity index (χ0n) is 26.5. The summed E-state index contributed by atoms with van der Waals surface area (Å²) in [4.78, 5) is 49.4. The minimum atomic E-state index is -1.02. The molecule has 4 aliphatic heterocycles. The molecule has 2 unspecified atom stereocenters. The fraction of sp³-hybridized carbons (Fsp3) is 0.559. The molecule has 3 fully saturated rings. The summed E-state index contributed by atoms with van der Waals surface area (Å²) in [6.45, 7) is 6.72. The molecule has 6 rings (SSSR count). The van der Waals surface area contributed by atoms with Gasteiger partial charge in [0.25, 0.3) is 0 Å². The first-order valence-corrected chi connectivity index (χ1v) is 18.1. The molecule has 4 heterocycles. The number of carbonyl (C=O) groups is 3. The molecule has 0 saturated carbocycles. The van der Waals surface area contributed by atoms with Crippen LogP contribution in [-0.4, -0.2) is 125 Å². The van der Waals surface area contributed by atoms with Gasteiger partial charge in [0.05, 0.1) is 13.0 Å². The van der Waals surface area contributed by atoms with Crippen molar-refractivity contribution < 1.29 is 24.0 Å². The second kappa shape index (κ2) is 14.0. The van der Waals surface area contributed by atoms with E-state index in [0.717, 1.165) is 71.1 Å². The van der Waals surface area contributed by atoms with Crippen molar-refractivity contribution in [1.29, 1.82) is 0 Å². The lowest BCUT2D eigenvalue weighted by molar-refractivity contribution is -0.942. The number of piperazine rings is 1. The number of urea groups is 1. The molecule has 10 nitrogen and oxygen atoms in total. The van der Waals surface area contributed by atoms with Gasteiger partial charge in [-0.1, -0.05) is 50.1 Å². The Bertz CT molecular complexity index is 1430. The predicted octanol–water partition coefficient (Wildman–Crippen LogP) is 5.46. The number of rotatable bonds is 7. The minimum Gasteiger partial charge on any atom is -0.435 e. The van der Waals surface area contributed by atoms with E-state index >= 15 is 0 Å². The van der Waals surface area contributed by atoms with E-state index in [1.807, 2.05) is 47.4 Å². The Labute approximate surface area is 288 Å². The van der Waals surface area contributed by atoms with Crippen LogP contribution in [-0.2, 0) is 17.8 Å². The molecule has 2 aromatic rings. The van der Waals surface area contributed by atoms with E-state index in [2.05, 4.69) is 58.9 Å². The van der Waals surface area contributed by atoms with E-state index in [4.69, 9.17) is 0 Å². The van der Waals surface area contributed by atoms with E-state index in [0.29, 0.717) is 51.5 Å². The van der Waals surface area contributed by atoms with Gasteiger partial charge in [0.2, 0.25) is 0 Å². The molecule has 3 atom stereocenters. The molecular formula is C34H45Br2N6O4+. The maximum atomic E-state index is 13.8. The van der Waals surface area contributed by atoms with E-state index in [1.54, 1.807) is 0 Å². The fourth-order valence-electron chi connectivity index (χ4n) is 8.57. The topological polar surface area (TPSA) is 96.4 Å². The molecule has 0 radical (unpaired) electrons. The van der Waals surface area contributed by atoms with Crippen LogP contribution in [0.4, 0.5) is 15.3 Å². The Kier molecular flexibility index (Phi) is 10.2. The summed E-state index contributed by atoms with van der Waals surface area (Å²) in [5.74, 6) is 0. The maximum absolute atomic E-state index is 13.8. The van der Waals surface area contributed by atoms with Crippen LogP contribution in [0.3, 0.4) is 0 Å². The Balaban J connectivity index is 1.35. The number of likely N-dealkylation sites (N-methyl/N-ethyl adjacent to an activating group) is 1. The van der Waals surface area contributed by atoms with Crippen molar-refractivity contribution in [3.63, 3.8) is 0 Å². The first kappa shape index (κ1) is 33.5. The molecule has 0 spiro atoms. The molecule has 0 aliphatic carbocycles. The largest absolute Gasteiger partial charge is 0.515 e. The number of amides is 3. The molecule has 46 heavy (non-hydrogen) atoms. The van der Waals surface area contributed by atoms with Crippen molar-refractivity contribution in [2.75, 3.05) is 64.7 Å². The smallest absolute Gasteiger partial charge is 0.435 e. The Morgan fingerprint density at radius 1 is 1.00 bits per heavy atom. The number of hydrogen-bond acceptors (Lipinski definition) is 6. The summed E-state index contributed by atoms with van der Waals surface area (Å²) < 4.78 is 1.47. The zero-order chi connectivity index (χ0) is 32.5. The highest BCUT2D eigenvalue weighted by atomic mass is 79.9. The first-order valence-electron chi connectivity index (χ1n) is 16.5. The van der Waals surface area contributed by atoms with Gasteiger partial charge in [-0.05, 0) is 56.1 Å². The monoisotopic (exact) mass is 759 g/mol. The number of nitrogens with one attached hydrogen (secondary N) is 1. The molecule has 2 N–H and O–H groups in total. The Hall–Kier alpha value is -2.35. The van der Waals surface area contributed by atoms with Crippen LogP contribution in [0.25, 0.3) is 0 Å². The third kappa shape index (κ3) is 6.53. The van der Waals surface area contributed by atoms with Crippen molar-refractivity contribution in [2.24, 2.45) is 0 Å². The van der Waals surface area contributed by atoms with Gasteiger partial charge in [0.1, 0.15) is 12.8 Å². The van der Waals surface area contributed by atoms with Crippen LogP contribution < -0.4 is 5.32 Å². The number of halogens is 2. The molecule has 0 bridgehead atoms. The molecular weight excluding hydrogens is 716 g/mol. The van der Waals surface area contributed by atoms with Crippen LogP contribution in [0.15, 0.2) is 51.4 Å². The highest BCUT2D eigenvalue weighted by Gasteiger charge is 2.64. The van der Waals surface area contributed by atoms with Crippen LogP contribution in [0.2, 0.25) is 0 Å². The average Bonchev–Trinajstić information content (AvgIpc) is 3.20. The van der Waals surface area contributed by atoms with E-state index in [9.17, 15) is 19.5 Å². The average molecular weight is 762 g/mol. The van der Waals surface area contributed by atoms with Crippen molar-refractivity contribution in [2.45, 2.75) is 62.8 Å². The highest BCUT2D eigenvalue weighted by molar-refractivity contribution is 9.11. The summed E-state index contributed by atoms with van der Waals surface area (Å²) >= 11 is 7.19. The lowest BCUT2D eigenvalue weighted by atomic mass is 9.81. The SMILES string of the molecule is CN1CCN(C2CCN(C3(CC=O)CC(N4CCc5ccccc5NC4=O)CC[N@+]3(Cc3cc(Br)cc(Br)c3)C(=O)O)CC2)CC1. The third-order valence-electron chi connectivity index (χ3n) is 11.0. The lowest BCUT2D eigenvalue weighted by Gasteiger charge is -2.59. The second-order valence-corrected chi connectivity index (χ2v) is 15.3. The van der Waals surface area contributed by atoms with Gasteiger partial charge in [0, 0.05) is 90.9 Å². The van der Waals surface area contributed by atoms with E-state index < -0.39 is 11.8 Å². The minimum absolute atomic E-state index is 0.0832. The van der Waals surface area contributed by atoms with Gasteiger partial charge in [-0.2, -0.15) is 4.79 Å². The highest BCUT2D eigenvalue weighted by Crippen LogP contribution is 2.46. The fourth-order valence-corrected chi connectivity index (χ4v) is 9.96. The number of carboxylic acid groups (broad SMARTS) is 1. The van der Waals surface area contributed by atoms with Crippen LogP contribution >= 0.6 is 31.9 Å². The first-order chi connectivity index (χ1) is 22.1. The predicted molar refractivity (Wildman–Crippen MR) is 185 cm³/mol. The van der Waals surface area contributed by atoms with Gasteiger partial charge in [-0.15, -0.1) is 0 Å². The van der Waals surface area contributed by atoms with E-state index in [-0.39, 0.29) is 29.5 Å². The van der Waals surface area contributed by atoms with Gasteiger partial charge >= 0.3 is 12.1 Å². The van der Waals surface area contributed by atoms with Crippen LogP contribution in [0, 0.1) is 0 Å². The van der Waals surface area contributed by atoms with Crippen LogP contribution in [0.5, 0.6) is 0 Å². The number of nitrogens with zero attached hydrogens (tertiary/aromatic N) is 5. The van der Waals surface area contributed by atoms with Gasteiger partial charge in [-0.3, -0.25) is 9.80 Å². The molecule has 2 aromatic carbocycles. The number of anilines is 1. The molecule has 3 amide bonds. The molecule has 0 aromatic heterocycles. The molecule has 12 heteroatoms. The molecule has 4 aliphatic rings. The quantitative estimate of drug-likeness (QED) is 0.286. The standard InChI is InChI=1S/C34H44Br2N6O4/c1-38-14-16-39(17-15-38)29-7-11-40(12-8-29)34(10-19-43)23-30(41-13-6-26-4-2-3-5-31(26)37-32(41)44)9-18-42(34,33(45)46)24-25-20-27(35)22-28(36)21-25/h2-5,19-22,29-30H,6-18,23-24H2,1H3,(H-,37,44,45,46)/p+1/t30?,34?,42-/m0/s1. The van der Waals surface area contributed by atoms with Crippen molar-refractivity contribution in [3.8, 4) is 0 Å². The number of carbonyl (C=O) groups excluding carboxylic acids is 2. The Morgan fingerprint density at radius 3 is 2.37 bits per heavy atom. The number of fused-ring (bicyclic) bond motifs is 1. The van der Waals surface area contributed by atoms with Gasteiger partial charge in [0.15, 0.2) is 5.66 Å². The third-order valence-corrected chi connectivity index (χ3v) is 12.0. The summed E-state index contributed by atoms with van der Waals surface area (Å²) in [5, 5.41) is 14.4. The van der Waals surface area contributed by atoms with Crippen molar-refractivity contribution in [3.05, 3.63) is 62.5 Å². The number of quaternary nitrogens is 1. The zero-order valence-corrected chi connectivity index (χ0v) is 29.7. The second-order valence-electron chi connectivity index (χ2n) is 13.5. The normalized spacial score (nSPS) is 28.7. The van der Waals surface area contributed by atoms with Crippen molar-refractivity contribution in [1.82, 2.24) is 19.6 Å². The Morgan fingerprint density at radius 2 is 1.70 bits per heavy atom. The summed E-state index contributed by atoms with van der Waals surface area (Å²) in [5.41, 5.74) is 1.78. The lowest BCUT2D eigenvalue weighted by Crippen LogP contribution is -2.78. The van der Waals surface area contributed by atoms with Crippen molar-refractivity contribution >= 4 is 56.0 Å². The summed E-state index contributed by atoms with van der Waals surface area (Å²) in [7, 11) is 2.17. The number of benzene rings is 2. The summed E-state index contributed by atoms with van der Waals surface area (Å²) in [6.07, 6.45) is 3.59. The number of aldehydes is 1. The number of piperidine rings is 2. The van der Waals surface area contributed by atoms with Crippen LogP contribution in [0.1, 0.15) is 43.2 Å². The van der Waals surface area contributed by atoms with Gasteiger partial charge < -0.3 is 25.0 Å². The molecule has 248 valence electrons. The maximum Gasteiger partial charge on any atom is 0.515 e. The number of para-hydroxylation sites is 1. The van der Waals surface area contributed by atoms with Gasteiger partial charge in [-0.25, -0.2) is 9.28 Å². The van der Waals surface area contributed by atoms with E-state index in [1.165, 1.54) is 0 Å². The summed E-state index contributed by atoms with van der Waals surface area (Å²) in [6, 6.07) is 13.9. The number of likely N-dealkylation sites (tertiary alicyclic amines) is 2. The molecule has 3 saturated heterocycles. The number of hydrogen-bond donors (Lipinski definition) is 2.